The number of likely N-dealkylation sites (N-methyl/N-ethyl adjacent to an activating group) is 1. The molecule has 1 aromatic heterocycles. The molecule has 154 valence electrons. The number of nitrogens with one attached hydrogen (secondary N) is 2. The van der Waals surface area contributed by atoms with Gasteiger partial charge in [0.2, 0.25) is 5.91 Å². The van der Waals surface area contributed by atoms with E-state index in [4.69, 9.17) is 4.74 Å². The van der Waals surface area contributed by atoms with Crippen molar-refractivity contribution in [2.45, 2.75) is 59.2 Å². The number of likely N-dealkylation sites (tertiary alicyclic amines) is 1. The van der Waals surface area contributed by atoms with E-state index in [1.807, 2.05) is 59.6 Å². The van der Waals surface area contributed by atoms with E-state index in [2.05, 4.69) is 15.6 Å². The molecule has 0 spiro atoms. The predicted molar refractivity (Wildman–Crippen MR) is 110 cm³/mol. The second kappa shape index (κ2) is 7.14. The summed E-state index contributed by atoms with van der Waals surface area (Å²) >= 11 is 0. The zero-order valence-corrected chi connectivity index (χ0v) is 17.8. The molecule has 1 saturated heterocycles. The number of anilines is 3. The Labute approximate surface area is 166 Å². The second-order valence-corrected chi connectivity index (χ2v) is 9.00. The summed E-state index contributed by atoms with van der Waals surface area (Å²) in [6.07, 6.45) is -0.289. The van der Waals surface area contributed by atoms with E-state index in [1.54, 1.807) is 4.90 Å². The van der Waals surface area contributed by atoms with E-state index < -0.39 is 5.60 Å². The molecule has 1 aromatic rings. The molecular formula is C20H31N5O3. The Morgan fingerprint density at radius 2 is 2.00 bits per heavy atom. The maximum atomic E-state index is 12.4. The Balaban J connectivity index is 1.69. The summed E-state index contributed by atoms with van der Waals surface area (Å²) in [5.74, 6) is 0.940. The zero-order chi connectivity index (χ0) is 20.8. The number of rotatable bonds is 3. The molecule has 28 heavy (non-hydrogen) atoms. The van der Waals surface area contributed by atoms with Crippen molar-refractivity contribution in [1.29, 1.82) is 0 Å². The zero-order valence-electron chi connectivity index (χ0n) is 17.8. The quantitative estimate of drug-likeness (QED) is 0.827. The van der Waals surface area contributed by atoms with Crippen LogP contribution in [0.4, 0.5) is 22.0 Å². The van der Waals surface area contributed by atoms with E-state index in [9.17, 15) is 9.59 Å². The Bertz CT molecular complexity index is 781. The molecule has 2 aliphatic heterocycles. The third-order valence-corrected chi connectivity index (χ3v) is 5.01. The van der Waals surface area contributed by atoms with Crippen LogP contribution in [-0.2, 0) is 9.53 Å². The third-order valence-electron chi connectivity index (χ3n) is 5.01. The number of carbonyl (C=O) groups is 2. The largest absolute Gasteiger partial charge is 0.444 e. The average molecular weight is 390 g/mol. The first-order valence-electron chi connectivity index (χ1n) is 9.76. The molecule has 8 heteroatoms. The first kappa shape index (κ1) is 20.2. The van der Waals surface area contributed by atoms with Crippen LogP contribution in [0, 0.1) is 12.8 Å². The van der Waals surface area contributed by atoms with E-state index in [0.29, 0.717) is 13.1 Å². The summed E-state index contributed by atoms with van der Waals surface area (Å²) in [7, 11) is 1.94. The number of nitrogens with zero attached hydrogens (tertiary/aromatic N) is 3. The van der Waals surface area contributed by atoms with E-state index in [0.717, 1.165) is 22.9 Å². The Kier molecular flexibility index (Phi) is 5.16. The van der Waals surface area contributed by atoms with E-state index >= 15 is 0 Å². The molecule has 1 fully saturated rings. The number of hydrogen-bond acceptors (Lipinski definition) is 6. The van der Waals surface area contributed by atoms with Gasteiger partial charge in [-0.15, -0.1) is 0 Å². The highest BCUT2D eigenvalue weighted by molar-refractivity contribution is 6.04. The first-order valence-corrected chi connectivity index (χ1v) is 9.76. The van der Waals surface area contributed by atoms with Crippen molar-refractivity contribution in [3.8, 4) is 0 Å². The Morgan fingerprint density at radius 1 is 1.36 bits per heavy atom. The van der Waals surface area contributed by atoms with Gasteiger partial charge in [0.1, 0.15) is 17.5 Å². The number of fused-ring (bicyclic) bond motifs is 1. The molecule has 8 nitrogen and oxygen atoms in total. The lowest BCUT2D eigenvalue weighted by Crippen LogP contribution is -2.58. The summed E-state index contributed by atoms with van der Waals surface area (Å²) in [4.78, 5) is 32.8. The number of ether oxygens (including phenoxy) is 1. The molecule has 2 N–H and O–H groups in total. The monoisotopic (exact) mass is 389 g/mol. The SMILES string of the molecule is Cc1nc(NC2CN(C(=O)OC(C)(C)C)C2)cc2c1NC(=O)C(C(C)C)N2C. The molecule has 1 unspecified atom stereocenters. The number of amides is 2. The summed E-state index contributed by atoms with van der Waals surface area (Å²) < 4.78 is 5.39. The van der Waals surface area contributed by atoms with E-state index in [-0.39, 0.29) is 30.0 Å². The maximum Gasteiger partial charge on any atom is 0.410 e. The summed E-state index contributed by atoms with van der Waals surface area (Å²) in [5, 5.41) is 6.39. The van der Waals surface area contributed by atoms with E-state index in [1.165, 1.54) is 0 Å². The molecule has 1 atom stereocenters. The van der Waals surface area contributed by atoms with Crippen molar-refractivity contribution >= 4 is 29.2 Å². The van der Waals surface area contributed by atoms with Gasteiger partial charge in [0.15, 0.2) is 0 Å². The highest BCUT2D eigenvalue weighted by Crippen LogP contribution is 2.37. The van der Waals surface area contributed by atoms with Crippen LogP contribution in [0.15, 0.2) is 6.07 Å². The van der Waals surface area contributed by atoms with Gasteiger partial charge < -0.3 is 25.2 Å². The minimum Gasteiger partial charge on any atom is -0.444 e. The number of aromatic nitrogens is 1. The van der Waals surface area contributed by atoms with Gasteiger partial charge in [-0.25, -0.2) is 9.78 Å². The Hall–Kier alpha value is -2.51. The fourth-order valence-electron chi connectivity index (χ4n) is 3.69. The van der Waals surface area contributed by atoms with Crippen molar-refractivity contribution in [3.63, 3.8) is 0 Å². The summed E-state index contributed by atoms with van der Waals surface area (Å²) in [5.41, 5.74) is 2.00. The van der Waals surface area contributed by atoms with Gasteiger partial charge >= 0.3 is 6.09 Å². The standard InChI is InChI=1S/C20H31N5O3/c1-11(2)17-18(26)23-16-12(3)21-15(8-14(16)24(17)7)22-13-9-25(10-13)19(27)28-20(4,5)6/h8,11,13,17H,9-10H2,1-7H3,(H,21,22)(H,23,26). The molecular weight excluding hydrogens is 358 g/mol. The number of hydrogen-bond donors (Lipinski definition) is 2. The normalized spacial score (nSPS) is 19.9. The predicted octanol–water partition coefficient (Wildman–Crippen LogP) is 2.83. The minimum atomic E-state index is -0.491. The first-order chi connectivity index (χ1) is 13.0. The van der Waals surface area contributed by atoms with Crippen molar-refractivity contribution in [3.05, 3.63) is 11.8 Å². The van der Waals surface area contributed by atoms with Crippen molar-refractivity contribution in [2.75, 3.05) is 35.7 Å². The average Bonchev–Trinajstić information content (AvgIpc) is 2.49. The van der Waals surface area contributed by atoms with Crippen LogP contribution >= 0.6 is 0 Å². The van der Waals surface area contributed by atoms with Gasteiger partial charge in [-0.1, -0.05) is 13.8 Å². The lowest BCUT2D eigenvalue weighted by molar-refractivity contribution is -0.118. The van der Waals surface area contributed by atoms with Gasteiger partial charge in [0, 0.05) is 26.2 Å². The molecule has 3 heterocycles. The molecule has 3 rings (SSSR count). The highest BCUT2D eigenvalue weighted by atomic mass is 16.6. The lowest BCUT2D eigenvalue weighted by atomic mass is 9.98. The highest BCUT2D eigenvalue weighted by Gasteiger charge is 2.36. The van der Waals surface area contributed by atoms with Gasteiger partial charge in [0.05, 0.1) is 23.1 Å². The second-order valence-electron chi connectivity index (χ2n) is 9.00. The van der Waals surface area contributed by atoms with Crippen LogP contribution < -0.4 is 15.5 Å². The van der Waals surface area contributed by atoms with Crippen LogP contribution in [0.5, 0.6) is 0 Å². The smallest absolute Gasteiger partial charge is 0.410 e. The Morgan fingerprint density at radius 3 is 2.57 bits per heavy atom. The van der Waals surface area contributed by atoms with Gasteiger partial charge in [-0.3, -0.25) is 4.79 Å². The fourth-order valence-corrected chi connectivity index (χ4v) is 3.69. The molecule has 0 bridgehead atoms. The molecule has 2 amide bonds. The van der Waals surface area contributed by atoms with Crippen LogP contribution in [0.25, 0.3) is 0 Å². The molecule has 0 aromatic carbocycles. The maximum absolute atomic E-state index is 12.4. The molecule has 2 aliphatic rings. The van der Waals surface area contributed by atoms with Crippen molar-refractivity contribution < 1.29 is 14.3 Å². The number of carbonyl (C=O) groups excluding carboxylic acids is 2. The summed E-state index contributed by atoms with van der Waals surface area (Å²) in [6.45, 7) is 12.7. The summed E-state index contributed by atoms with van der Waals surface area (Å²) in [6, 6.07) is 1.88. The molecule has 0 radical (unpaired) electrons. The minimum absolute atomic E-state index is 0.00241. The van der Waals surface area contributed by atoms with Crippen LogP contribution in [0.3, 0.4) is 0 Å². The van der Waals surface area contributed by atoms with Crippen LogP contribution in [0.1, 0.15) is 40.3 Å². The fraction of sp³-hybridized carbons (Fsp3) is 0.650. The van der Waals surface area contributed by atoms with Gasteiger partial charge in [-0.05, 0) is 33.6 Å². The van der Waals surface area contributed by atoms with Gasteiger partial charge in [0.25, 0.3) is 0 Å². The molecule has 0 aliphatic carbocycles. The third kappa shape index (κ3) is 4.00. The molecule has 0 saturated carbocycles. The number of pyridine rings is 1. The lowest BCUT2D eigenvalue weighted by Gasteiger charge is -2.41. The van der Waals surface area contributed by atoms with Crippen LogP contribution in [-0.4, -0.2) is 59.7 Å². The van der Waals surface area contributed by atoms with Gasteiger partial charge in [-0.2, -0.15) is 0 Å². The topological polar surface area (TPSA) is 86.8 Å². The van der Waals surface area contributed by atoms with Crippen molar-refractivity contribution in [1.82, 2.24) is 9.88 Å². The number of aryl methyl sites for hydroxylation is 1. The van der Waals surface area contributed by atoms with Crippen molar-refractivity contribution in [2.24, 2.45) is 5.92 Å². The van der Waals surface area contributed by atoms with Crippen LogP contribution in [0.2, 0.25) is 0 Å².